The number of H-pyrrole nitrogens is 1. The molecule has 0 unspecified atom stereocenters. The van der Waals surface area contributed by atoms with Crippen LogP contribution in [0, 0.1) is 0 Å². The molecular formula is C15H17N3O2. The van der Waals surface area contributed by atoms with Gasteiger partial charge in [0.2, 0.25) is 0 Å². The number of benzene rings is 1. The fraction of sp³-hybridized carbons (Fsp3) is 0.333. The molecule has 1 aromatic heterocycles. The van der Waals surface area contributed by atoms with Gasteiger partial charge in [-0.15, -0.1) is 0 Å². The number of aromatic nitrogens is 2. The molecule has 0 saturated heterocycles. The van der Waals surface area contributed by atoms with Gasteiger partial charge in [-0.25, -0.2) is 0 Å². The van der Waals surface area contributed by atoms with E-state index in [1.165, 1.54) is 12.8 Å². The number of ether oxygens (including phenoxy) is 1. The zero-order valence-corrected chi connectivity index (χ0v) is 11.3. The zero-order chi connectivity index (χ0) is 13.9. The van der Waals surface area contributed by atoms with Gasteiger partial charge >= 0.3 is 0 Å². The van der Waals surface area contributed by atoms with E-state index in [0.29, 0.717) is 29.7 Å². The number of hydrogen-bond donors (Lipinski definition) is 2. The Labute approximate surface area is 117 Å². The summed E-state index contributed by atoms with van der Waals surface area (Å²) >= 11 is 0. The largest absolute Gasteiger partial charge is 0.493 e. The van der Waals surface area contributed by atoms with E-state index in [9.17, 15) is 4.79 Å². The maximum atomic E-state index is 12.3. The van der Waals surface area contributed by atoms with Crippen LogP contribution in [0.4, 0.5) is 5.82 Å². The van der Waals surface area contributed by atoms with Crippen LogP contribution in [-0.4, -0.2) is 22.7 Å². The molecule has 1 aliphatic rings. The molecule has 2 aromatic rings. The van der Waals surface area contributed by atoms with Gasteiger partial charge in [-0.3, -0.25) is 9.89 Å². The Morgan fingerprint density at radius 3 is 3.00 bits per heavy atom. The van der Waals surface area contributed by atoms with Crippen molar-refractivity contribution in [1.82, 2.24) is 10.2 Å². The average Bonchev–Trinajstić information content (AvgIpc) is 3.20. The Balaban J connectivity index is 1.74. The molecule has 1 heterocycles. The second kappa shape index (κ2) is 5.36. The summed E-state index contributed by atoms with van der Waals surface area (Å²) in [5, 5.41) is 9.89. The molecule has 1 saturated carbocycles. The summed E-state index contributed by atoms with van der Waals surface area (Å²) in [4.78, 5) is 12.3. The number of nitrogens with one attached hydrogen (secondary N) is 2. The Bertz CT molecular complexity index is 617. The second-order valence-electron chi connectivity index (χ2n) is 4.87. The zero-order valence-electron chi connectivity index (χ0n) is 11.3. The van der Waals surface area contributed by atoms with E-state index in [-0.39, 0.29) is 5.91 Å². The molecule has 1 aromatic carbocycles. The third-order valence-electron chi connectivity index (χ3n) is 3.29. The smallest absolute Gasteiger partial charge is 0.260 e. The number of rotatable bonds is 5. The van der Waals surface area contributed by atoms with E-state index in [1.54, 1.807) is 12.1 Å². The first kappa shape index (κ1) is 12.7. The van der Waals surface area contributed by atoms with Crippen molar-refractivity contribution in [3.63, 3.8) is 0 Å². The molecule has 1 aliphatic carbocycles. The maximum Gasteiger partial charge on any atom is 0.260 e. The highest BCUT2D eigenvalue weighted by Gasteiger charge is 2.25. The summed E-state index contributed by atoms with van der Waals surface area (Å²) in [6.45, 7) is 2.42. The van der Waals surface area contributed by atoms with E-state index in [4.69, 9.17) is 4.74 Å². The van der Waals surface area contributed by atoms with Gasteiger partial charge in [0.15, 0.2) is 5.82 Å². The summed E-state index contributed by atoms with van der Waals surface area (Å²) < 4.78 is 5.46. The summed E-state index contributed by atoms with van der Waals surface area (Å²) in [7, 11) is 0. The highest BCUT2D eigenvalue weighted by Crippen LogP contribution is 2.39. The molecule has 0 spiro atoms. The van der Waals surface area contributed by atoms with Crippen LogP contribution in [0.1, 0.15) is 41.7 Å². The number of aromatic amines is 1. The van der Waals surface area contributed by atoms with Crippen molar-refractivity contribution in [2.24, 2.45) is 0 Å². The molecule has 3 rings (SSSR count). The molecule has 0 bridgehead atoms. The van der Waals surface area contributed by atoms with E-state index in [2.05, 4.69) is 15.5 Å². The van der Waals surface area contributed by atoms with E-state index in [1.807, 2.05) is 25.1 Å². The van der Waals surface area contributed by atoms with Crippen molar-refractivity contribution in [1.29, 1.82) is 0 Å². The number of nitrogens with zero attached hydrogens (tertiary/aromatic N) is 1. The van der Waals surface area contributed by atoms with Gasteiger partial charge in [-0.05, 0) is 31.9 Å². The Morgan fingerprint density at radius 2 is 2.25 bits per heavy atom. The van der Waals surface area contributed by atoms with Gasteiger partial charge in [-0.1, -0.05) is 12.1 Å². The highest BCUT2D eigenvalue weighted by atomic mass is 16.5. The minimum Gasteiger partial charge on any atom is -0.493 e. The van der Waals surface area contributed by atoms with Crippen molar-refractivity contribution in [2.45, 2.75) is 25.7 Å². The lowest BCUT2D eigenvalue weighted by atomic mass is 10.2. The van der Waals surface area contributed by atoms with Crippen LogP contribution in [0.2, 0.25) is 0 Å². The molecule has 5 heteroatoms. The second-order valence-corrected chi connectivity index (χ2v) is 4.87. The van der Waals surface area contributed by atoms with Gasteiger partial charge in [0.1, 0.15) is 5.75 Å². The fourth-order valence-corrected chi connectivity index (χ4v) is 2.12. The molecule has 1 fully saturated rings. The molecule has 1 amide bonds. The number of amides is 1. The van der Waals surface area contributed by atoms with Gasteiger partial charge in [0.05, 0.1) is 12.2 Å². The lowest BCUT2D eigenvalue weighted by Gasteiger charge is -2.08. The van der Waals surface area contributed by atoms with Crippen LogP contribution in [0.15, 0.2) is 30.3 Å². The summed E-state index contributed by atoms with van der Waals surface area (Å²) in [6, 6.07) is 9.10. The third-order valence-corrected chi connectivity index (χ3v) is 3.29. The van der Waals surface area contributed by atoms with Crippen molar-refractivity contribution in [3.8, 4) is 5.75 Å². The first-order valence-corrected chi connectivity index (χ1v) is 6.86. The van der Waals surface area contributed by atoms with Crippen molar-refractivity contribution >= 4 is 11.7 Å². The van der Waals surface area contributed by atoms with Gasteiger partial charge < -0.3 is 10.1 Å². The van der Waals surface area contributed by atoms with Crippen LogP contribution < -0.4 is 10.1 Å². The number of carbonyl (C=O) groups is 1. The van der Waals surface area contributed by atoms with Crippen molar-refractivity contribution < 1.29 is 9.53 Å². The minimum absolute atomic E-state index is 0.206. The van der Waals surface area contributed by atoms with E-state index < -0.39 is 0 Å². The normalized spacial score (nSPS) is 14.1. The Kier molecular flexibility index (Phi) is 3.41. The van der Waals surface area contributed by atoms with Crippen LogP contribution in [0.5, 0.6) is 5.75 Å². The quantitative estimate of drug-likeness (QED) is 0.878. The Hall–Kier alpha value is -2.30. The number of anilines is 1. The molecule has 104 valence electrons. The van der Waals surface area contributed by atoms with Gasteiger partial charge in [-0.2, -0.15) is 5.10 Å². The summed E-state index contributed by atoms with van der Waals surface area (Å²) in [5.41, 5.74) is 1.61. The first-order chi connectivity index (χ1) is 9.78. The summed E-state index contributed by atoms with van der Waals surface area (Å²) in [6.07, 6.45) is 2.39. The standard InChI is InChI=1S/C15H17N3O2/c1-2-20-13-6-4-3-5-11(13)15(19)16-14-9-12(17-18-14)10-7-8-10/h3-6,9-10H,2,7-8H2,1H3,(H2,16,17,18,19). The average molecular weight is 271 g/mol. The molecular weight excluding hydrogens is 254 g/mol. The number of carbonyl (C=O) groups excluding carboxylic acids is 1. The Morgan fingerprint density at radius 1 is 1.45 bits per heavy atom. The molecule has 0 radical (unpaired) electrons. The van der Waals surface area contributed by atoms with Crippen molar-refractivity contribution in [3.05, 3.63) is 41.6 Å². The summed E-state index contributed by atoms with van der Waals surface area (Å²) in [5.74, 6) is 1.53. The predicted octanol–water partition coefficient (Wildman–Crippen LogP) is 2.94. The molecule has 20 heavy (non-hydrogen) atoms. The predicted molar refractivity (Wildman–Crippen MR) is 76.1 cm³/mol. The SMILES string of the molecule is CCOc1ccccc1C(=O)Nc1cc(C2CC2)[nH]n1. The van der Waals surface area contributed by atoms with Crippen LogP contribution >= 0.6 is 0 Å². The van der Waals surface area contributed by atoms with Crippen LogP contribution in [0.25, 0.3) is 0 Å². The van der Waals surface area contributed by atoms with Gasteiger partial charge in [0.25, 0.3) is 5.91 Å². The highest BCUT2D eigenvalue weighted by molar-refractivity contribution is 6.05. The third kappa shape index (κ3) is 2.66. The molecule has 5 nitrogen and oxygen atoms in total. The monoisotopic (exact) mass is 271 g/mol. The lowest BCUT2D eigenvalue weighted by molar-refractivity contribution is 0.102. The van der Waals surface area contributed by atoms with Crippen LogP contribution in [0.3, 0.4) is 0 Å². The van der Waals surface area contributed by atoms with Crippen LogP contribution in [-0.2, 0) is 0 Å². The number of para-hydroxylation sites is 1. The van der Waals surface area contributed by atoms with Crippen molar-refractivity contribution in [2.75, 3.05) is 11.9 Å². The molecule has 0 atom stereocenters. The van der Waals surface area contributed by atoms with E-state index in [0.717, 1.165) is 5.69 Å². The number of hydrogen-bond acceptors (Lipinski definition) is 3. The van der Waals surface area contributed by atoms with Gasteiger partial charge in [0, 0.05) is 17.7 Å². The fourth-order valence-electron chi connectivity index (χ4n) is 2.12. The minimum atomic E-state index is -0.206. The first-order valence-electron chi connectivity index (χ1n) is 6.86. The topological polar surface area (TPSA) is 67.0 Å². The lowest BCUT2D eigenvalue weighted by Crippen LogP contribution is -2.13. The molecule has 2 N–H and O–H groups in total. The van der Waals surface area contributed by atoms with E-state index >= 15 is 0 Å². The maximum absolute atomic E-state index is 12.3. The molecule has 0 aliphatic heterocycles.